The van der Waals surface area contributed by atoms with Crippen molar-refractivity contribution >= 4 is 23.9 Å². The molecule has 0 aliphatic rings. The minimum absolute atomic E-state index is 1.23. The second-order valence-electron chi connectivity index (χ2n) is 3.56. The van der Waals surface area contributed by atoms with Crippen LogP contribution in [-0.2, 0) is 0 Å². The summed E-state index contributed by atoms with van der Waals surface area (Å²) in [5.74, 6) is 0. The molecular weight excluding hydrogens is 224 g/mol. The highest BCUT2D eigenvalue weighted by Crippen LogP contribution is 2.11. The number of hydrogen-bond donors (Lipinski definition) is 0. The minimum Gasteiger partial charge on any atom is -0.106 e. The van der Waals surface area contributed by atoms with Crippen LogP contribution in [0.3, 0.4) is 0 Å². The van der Waals surface area contributed by atoms with Crippen molar-refractivity contribution in [3.05, 3.63) is 82.6 Å². The predicted octanol–water partition coefficient (Wildman–Crippen LogP) is 5.06. The summed E-state index contributed by atoms with van der Waals surface area (Å²) in [7, 11) is 0. The van der Waals surface area contributed by atoms with Gasteiger partial charge in [0, 0.05) is 0 Å². The first-order valence-corrected chi connectivity index (χ1v) is 6.48. The van der Waals surface area contributed by atoms with Crippen molar-refractivity contribution in [2.45, 2.75) is 0 Å². The highest BCUT2D eigenvalue weighted by molar-refractivity contribution is 8.05. The van der Waals surface area contributed by atoms with E-state index < -0.39 is 0 Å². The normalized spacial score (nSPS) is 11.3. The second kappa shape index (κ2) is 6.77. The summed E-state index contributed by atoms with van der Waals surface area (Å²) < 4.78 is 0. The Kier molecular flexibility index (Phi) is 4.68. The van der Waals surface area contributed by atoms with E-state index in [4.69, 9.17) is 0 Å². The molecule has 0 bridgehead atoms. The van der Waals surface area contributed by atoms with Crippen molar-refractivity contribution in [3.63, 3.8) is 0 Å². The maximum absolute atomic E-state index is 2.11. The molecule has 0 aliphatic carbocycles. The first-order chi connectivity index (χ1) is 8.45. The first-order valence-electron chi connectivity index (χ1n) is 5.54. The fourth-order valence-electron chi connectivity index (χ4n) is 1.41. The lowest BCUT2D eigenvalue weighted by molar-refractivity contribution is 1.66. The summed E-state index contributed by atoms with van der Waals surface area (Å²) in [5, 5.41) is 4.18. The van der Waals surface area contributed by atoms with Crippen LogP contribution in [0.2, 0.25) is 0 Å². The van der Waals surface area contributed by atoms with Gasteiger partial charge in [-0.25, -0.2) is 0 Å². The molecule has 0 aromatic heterocycles. The summed E-state index contributed by atoms with van der Waals surface area (Å²) in [4.78, 5) is 0. The van der Waals surface area contributed by atoms with Crippen LogP contribution >= 0.6 is 11.8 Å². The molecule has 0 saturated heterocycles. The number of benzene rings is 2. The van der Waals surface area contributed by atoms with Crippen LogP contribution in [0.5, 0.6) is 0 Å². The van der Waals surface area contributed by atoms with Gasteiger partial charge in [0.25, 0.3) is 0 Å². The Balaban J connectivity index is 1.84. The summed E-state index contributed by atoms with van der Waals surface area (Å²) in [6.07, 6.45) is 4.22. The molecule has 2 aromatic carbocycles. The molecule has 2 aromatic rings. The Morgan fingerprint density at radius 3 is 1.41 bits per heavy atom. The Morgan fingerprint density at radius 2 is 1.00 bits per heavy atom. The van der Waals surface area contributed by atoms with Gasteiger partial charge in [-0.1, -0.05) is 60.7 Å². The lowest BCUT2D eigenvalue weighted by Crippen LogP contribution is -1.67. The Morgan fingerprint density at radius 1 is 0.588 bits per heavy atom. The highest BCUT2D eigenvalue weighted by Gasteiger charge is 1.83. The largest absolute Gasteiger partial charge is 0.106 e. The first kappa shape index (κ1) is 11.7. The van der Waals surface area contributed by atoms with Crippen molar-refractivity contribution in [1.29, 1.82) is 0 Å². The quantitative estimate of drug-likeness (QED) is 0.717. The lowest BCUT2D eigenvalue weighted by atomic mass is 10.2. The monoisotopic (exact) mass is 238 g/mol. The molecule has 17 heavy (non-hydrogen) atoms. The van der Waals surface area contributed by atoms with E-state index in [0.29, 0.717) is 0 Å². The average molecular weight is 238 g/mol. The van der Waals surface area contributed by atoms with Gasteiger partial charge in [-0.2, -0.15) is 0 Å². The van der Waals surface area contributed by atoms with E-state index in [2.05, 4.69) is 47.2 Å². The molecule has 0 N–H and O–H groups in total. The number of rotatable bonds is 4. The third-order valence-corrected chi connectivity index (χ3v) is 2.86. The summed E-state index contributed by atoms with van der Waals surface area (Å²) >= 11 is 1.68. The molecule has 0 amide bonds. The fourth-order valence-corrected chi connectivity index (χ4v) is 1.97. The van der Waals surface area contributed by atoms with Gasteiger partial charge in [0.05, 0.1) is 0 Å². The third-order valence-electron chi connectivity index (χ3n) is 2.28. The molecule has 0 fully saturated rings. The average Bonchev–Trinajstić information content (AvgIpc) is 2.41. The van der Waals surface area contributed by atoms with E-state index in [1.807, 2.05) is 36.4 Å². The molecule has 2 rings (SSSR count). The molecule has 0 nitrogen and oxygen atoms in total. The van der Waals surface area contributed by atoms with Gasteiger partial charge in [0.1, 0.15) is 0 Å². The van der Waals surface area contributed by atoms with Crippen LogP contribution in [0, 0.1) is 0 Å². The fraction of sp³-hybridized carbons (Fsp3) is 0. The van der Waals surface area contributed by atoms with Crippen LogP contribution in [0.4, 0.5) is 0 Å². The predicted molar refractivity (Wildman–Crippen MR) is 78.5 cm³/mol. The Hall–Kier alpha value is -1.73. The van der Waals surface area contributed by atoms with E-state index in [-0.39, 0.29) is 0 Å². The van der Waals surface area contributed by atoms with Crippen LogP contribution in [0.25, 0.3) is 12.2 Å². The molecule has 0 atom stereocenters. The lowest BCUT2D eigenvalue weighted by Gasteiger charge is -1.91. The van der Waals surface area contributed by atoms with Crippen molar-refractivity contribution < 1.29 is 0 Å². The van der Waals surface area contributed by atoms with Gasteiger partial charge in [0.15, 0.2) is 0 Å². The van der Waals surface area contributed by atoms with Gasteiger partial charge in [-0.15, -0.1) is 11.8 Å². The van der Waals surface area contributed by atoms with Gasteiger partial charge in [0.2, 0.25) is 0 Å². The maximum Gasteiger partial charge on any atom is -0.0242 e. The van der Waals surface area contributed by atoms with Crippen molar-refractivity contribution in [2.24, 2.45) is 0 Å². The standard InChI is InChI=1S/C16H14S/c1-3-7-15(8-4-1)11-13-17-14-12-16-9-5-2-6-10-16/h1-14H. The third kappa shape index (κ3) is 4.33. The molecule has 0 heterocycles. The zero-order chi connectivity index (χ0) is 11.8. The molecule has 0 aliphatic heterocycles. The van der Waals surface area contributed by atoms with E-state index in [1.54, 1.807) is 11.8 Å². The van der Waals surface area contributed by atoms with E-state index in [1.165, 1.54) is 11.1 Å². The van der Waals surface area contributed by atoms with E-state index in [9.17, 15) is 0 Å². The highest BCUT2D eigenvalue weighted by atomic mass is 32.2. The van der Waals surface area contributed by atoms with E-state index >= 15 is 0 Å². The smallest absolute Gasteiger partial charge is 0.0242 e. The molecular formula is C16H14S. The van der Waals surface area contributed by atoms with Gasteiger partial charge in [-0.3, -0.25) is 0 Å². The summed E-state index contributed by atoms with van der Waals surface area (Å²) in [6, 6.07) is 20.6. The van der Waals surface area contributed by atoms with E-state index in [0.717, 1.165) is 0 Å². The molecule has 0 unspecified atom stereocenters. The Labute approximate surface area is 107 Å². The van der Waals surface area contributed by atoms with Crippen molar-refractivity contribution in [2.75, 3.05) is 0 Å². The SMILES string of the molecule is C(=Cc1ccccc1)SC=Cc1ccccc1. The Bertz CT molecular complexity index is 436. The van der Waals surface area contributed by atoms with Crippen molar-refractivity contribution in [3.8, 4) is 0 Å². The summed E-state index contributed by atoms with van der Waals surface area (Å²) in [5.41, 5.74) is 2.46. The van der Waals surface area contributed by atoms with Crippen LogP contribution in [-0.4, -0.2) is 0 Å². The van der Waals surface area contributed by atoms with Gasteiger partial charge < -0.3 is 0 Å². The topological polar surface area (TPSA) is 0 Å². The molecule has 1 heteroatoms. The van der Waals surface area contributed by atoms with Gasteiger partial charge in [-0.05, 0) is 34.1 Å². The van der Waals surface area contributed by atoms with Crippen LogP contribution < -0.4 is 0 Å². The number of thioether (sulfide) groups is 1. The zero-order valence-corrected chi connectivity index (χ0v) is 10.3. The van der Waals surface area contributed by atoms with Crippen LogP contribution in [0.1, 0.15) is 11.1 Å². The second-order valence-corrected chi connectivity index (χ2v) is 4.38. The maximum atomic E-state index is 2.11. The van der Waals surface area contributed by atoms with Gasteiger partial charge >= 0.3 is 0 Å². The summed E-state index contributed by atoms with van der Waals surface area (Å²) in [6.45, 7) is 0. The number of hydrogen-bond acceptors (Lipinski definition) is 1. The molecule has 0 saturated carbocycles. The zero-order valence-electron chi connectivity index (χ0n) is 9.49. The molecule has 0 spiro atoms. The molecule has 84 valence electrons. The molecule has 0 radical (unpaired) electrons. The van der Waals surface area contributed by atoms with Crippen LogP contribution in [0.15, 0.2) is 71.5 Å². The van der Waals surface area contributed by atoms with Crippen molar-refractivity contribution in [1.82, 2.24) is 0 Å². The minimum atomic E-state index is 1.23.